The van der Waals surface area contributed by atoms with Gasteiger partial charge < -0.3 is 14.2 Å². The smallest absolute Gasteiger partial charge is 0.289 e. The maximum absolute atomic E-state index is 13.6. The van der Waals surface area contributed by atoms with E-state index in [-0.39, 0.29) is 11.7 Å². The number of carbonyl (C=O) groups excluding carboxylic acids is 1. The molecule has 0 bridgehead atoms. The number of aromatic nitrogens is 4. The molecule has 1 fully saturated rings. The number of anilines is 1. The van der Waals surface area contributed by atoms with E-state index >= 15 is 0 Å². The van der Waals surface area contributed by atoms with Crippen LogP contribution < -0.4 is 4.90 Å². The third-order valence-electron chi connectivity index (χ3n) is 6.34. The number of nitrogens with zero attached hydrogens (tertiary/aromatic N) is 6. The molecule has 1 aliphatic rings. The number of carbonyl (C=O) groups is 1. The summed E-state index contributed by atoms with van der Waals surface area (Å²) in [5, 5.41) is 5.63. The van der Waals surface area contributed by atoms with Crippen molar-refractivity contribution in [1.29, 1.82) is 0 Å². The van der Waals surface area contributed by atoms with E-state index in [1.54, 1.807) is 28.9 Å². The zero-order chi connectivity index (χ0) is 24.5. The van der Waals surface area contributed by atoms with Crippen LogP contribution in [0.2, 0.25) is 0 Å². The number of amides is 1. The fraction of sp³-hybridized carbons (Fsp3) is 0.385. The van der Waals surface area contributed by atoms with Crippen molar-refractivity contribution >= 4 is 22.8 Å². The number of furan rings is 1. The summed E-state index contributed by atoms with van der Waals surface area (Å²) in [7, 11) is 0. The van der Waals surface area contributed by atoms with E-state index in [9.17, 15) is 9.18 Å². The van der Waals surface area contributed by atoms with Crippen LogP contribution in [0, 0.1) is 18.7 Å². The predicted molar refractivity (Wildman–Crippen MR) is 131 cm³/mol. The van der Waals surface area contributed by atoms with Crippen LogP contribution in [0.25, 0.3) is 16.7 Å². The molecular weight excluding hydrogens is 447 g/mol. The van der Waals surface area contributed by atoms with E-state index in [0.717, 1.165) is 41.3 Å². The van der Waals surface area contributed by atoms with Gasteiger partial charge in [0.15, 0.2) is 11.4 Å². The SMILES string of the molecule is Cc1nn(-c2ccc(F)cc2)c2nc(CCC(C)C)nc(N3CCN(C(=O)c4ccco4)CC3)c12. The van der Waals surface area contributed by atoms with E-state index in [2.05, 4.69) is 18.7 Å². The van der Waals surface area contributed by atoms with Crippen LogP contribution in [-0.4, -0.2) is 56.7 Å². The quantitative estimate of drug-likeness (QED) is 0.410. The predicted octanol–water partition coefficient (Wildman–Crippen LogP) is 4.41. The van der Waals surface area contributed by atoms with Crippen molar-refractivity contribution in [1.82, 2.24) is 24.6 Å². The topological polar surface area (TPSA) is 80.3 Å². The van der Waals surface area contributed by atoms with Crippen LogP contribution in [0.5, 0.6) is 0 Å². The molecule has 9 heteroatoms. The summed E-state index contributed by atoms with van der Waals surface area (Å²) in [6.07, 6.45) is 3.24. The number of benzene rings is 1. The Hall–Kier alpha value is -3.75. The average molecular weight is 477 g/mol. The Kier molecular flexibility index (Phi) is 6.23. The Morgan fingerprint density at radius 2 is 1.83 bits per heavy atom. The third-order valence-corrected chi connectivity index (χ3v) is 6.34. The highest BCUT2D eigenvalue weighted by Gasteiger charge is 2.27. The van der Waals surface area contributed by atoms with Crippen molar-refractivity contribution < 1.29 is 13.6 Å². The van der Waals surface area contributed by atoms with Gasteiger partial charge in [-0.2, -0.15) is 5.10 Å². The Morgan fingerprint density at radius 1 is 1.09 bits per heavy atom. The molecule has 182 valence electrons. The van der Waals surface area contributed by atoms with Crippen LogP contribution in [0.3, 0.4) is 0 Å². The Balaban J connectivity index is 1.50. The minimum atomic E-state index is -0.295. The molecule has 0 radical (unpaired) electrons. The standard InChI is InChI=1S/C26H29FN6O2/c1-17(2)6-11-22-28-24(31-12-14-32(15-13-31)26(34)21-5-4-16-35-21)23-18(3)30-33(25(23)29-22)20-9-7-19(27)8-10-20/h4-5,7-10,16-17H,6,11-15H2,1-3H3. The van der Waals surface area contributed by atoms with Crippen molar-refractivity contribution in [2.24, 2.45) is 5.92 Å². The van der Waals surface area contributed by atoms with Crippen LogP contribution in [0.1, 0.15) is 42.3 Å². The number of hydrogen-bond donors (Lipinski definition) is 0. The number of hydrogen-bond acceptors (Lipinski definition) is 6. The second-order valence-electron chi connectivity index (χ2n) is 9.32. The third kappa shape index (κ3) is 4.62. The highest BCUT2D eigenvalue weighted by Crippen LogP contribution is 2.30. The van der Waals surface area contributed by atoms with Crippen molar-refractivity contribution in [3.8, 4) is 5.69 Å². The monoisotopic (exact) mass is 476 g/mol. The van der Waals surface area contributed by atoms with Gasteiger partial charge in [-0.1, -0.05) is 13.8 Å². The first-order valence-electron chi connectivity index (χ1n) is 12.0. The number of aryl methyl sites for hydroxylation is 2. The fourth-order valence-corrected chi connectivity index (χ4v) is 4.40. The van der Waals surface area contributed by atoms with Crippen molar-refractivity contribution in [2.45, 2.75) is 33.6 Å². The first-order chi connectivity index (χ1) is 16.9. The second-order valence-corrected chi connectivity index (χ2v) is 9.32. The molecule has 4 heterocycles. The molecule has 4 aromatic rings. The maximum atomic E-state index is 13.6. The number of fused-ring (bicyclic) bond motifs is 1. The molecule has 8 nitrogen and oxygen atoms in total. The number of halogens is 1. The lowest BCUT2D eigenvalue weighted by Gasteiger charge is -2.35. The molecule has 0 spiro atoms. The molecule has 1 amide bonds. The molecule has 35 heavy (non-hydrogen) atoms. The van der Waals surface area contributed by atoms with Gasteiger partial charge in [-0.05, 0) is 55.7 Å². The van der Waals surface area contributed by atoms with E-state index in [0.29, 0.717) is 43.5 Å². The van der Waals surface area contributed by atoms with Gasteiger partial charge in [0.25, 0.3) is 5.91 Å². The highest BCUT2D eigenvalue weighted by molar-refractivity contribution is 5.92. The Morgan fingerprint density at radius 3 is 2.49 bits per heavy atom. The van der Waals surface area contributed by atoms with Crippen LogP contribution in [0.15, 0.2) is 47.1 Å². The first-order valence-corrected chi connectivity index (χ1v) is 12.0. The van der Waals surface area contributed by atoms with Gasteiger partial charge in [-0.3, -0.25) is 4.79 Å². The number of rotatable bonds is 6. The van der Waals surface area contributed by atoms with E-state index < -0.39 is 0 Å². The number of piperazine rings is 1. The van der Waals surface area contributed by atoms with E-state index in [1.807, 2.05) is 11.8 Å². The van der Waals surface area contributed by atoms with Crippen LogP contribution in [-0.2, 0) is 6.42 Å². The summed E-state index contributed by atoms with van der Waals surface area (Å²) in [5.41, 5.74) is 2.27. The molecule has 1 aliphatic heterocycles. The summed E-state index contributed by atoms with van der Waals surface area (Å²) < 4.78 is 20.6. The van der Waals surface area contributed by atoms with Crippen molar-refractivity contribution in [3.63, 3.8) is 0 Å². The maximum Gasteiger partial charge on any atom is 0.289 e. The lowest BCUT2D eigenvalue weighted by molar-refractivity contribution is 0.0714. The Labute approximate surface area is 203 Å². The zero-order valence-corrected chi connectivity index (χ0v) is 20.2. The lowest BCUT2D eigenvalue weighted by Crippen LogP contribution is -2.49. The summed E-state index contributed by atoms with van der Waals surface area (Å²) in [5.74, 6) is 2.09. The summed E-state index contributed by atoms with van der Waals surface area (Å²) in [6, 6.07) is 9.67. The van der Waals surface area contributed by atoms with Gasteiger partial charge >= 0.3 is 0 Å². The average Bonchev–Trinajstić information content (AvgIpc) is 3.51. The highest BCUT2D eigenvalue weighted by atomic mass is 19.1. The van der Waals surface area contributed by atoms with Crippen LogP contribution in [0.4, 0.5) is 10.2 Å². The minimum absolute atomic E-state index is 0.0968. The molecule has 1 saturated heterocycles. The van der Waals surface area contributed by atoms with Gasteiger partial charge in [0, 0.05) is 32.6 Å². The lowest BCUT2D eigenvalue weighted by atomic mass is 10.1. The zero-order valence-electron chi connectivity index (χ0n) is 20.2. The molecule has 5 rings (SSSR count). The van der Waals surface area contributed by atoms with Gasteiger partial charge in [-0.25, -0.2) is 19.0 Å². The van der Waals surface area contributed by atoms with Gasteiger partial charge in [0.05, 0.1) is 23.0 Å². The largest absolute Gasteiger partial charge is 0.459 e. The van der Waals surface area contributed by atoms with Gasteiger partial charge in [-0.15, -0.1) is 0 Å². The summed E-state index contributed by atoms with van der Waals surface area (Å²) in [6.45, 7) is 8.73. The van der Waals surface area contributed by atoms with Gasteiger partial charge in [0.2, 0.25) is 0 Å². The molecule has 0 atom stereocenters. The molecule has 0 N–H and O–H groups in total. The van der Waals surface area contributed by atoms with Gasteiger partial charge in [0.1, 0.15) is 17.5 Å². The second kappa shape index (κ2) is 9.48. The van der Waals surface area contributed by atoms with Crippen LogP contribution >= 0.6 is 0 Å². The molecule has 3 aromatic heterocycles. The summed E-state index contributed by atoms with van der Waals surface area (Å²) in [4.78, 5) is 26.6. The fourth-order valence-electron chi connectivity index (χ4n) is 4.40. The molecule has 0 saturated carbocycles. The normalized spacial score (nSPS) is 14.3. The first kappa shape index (κ1) is 23.0. The minimum Gasteiger partial charge on any atom is -0.459 e. The van der Waals surface area contributed by atoms with E-state index in [4.69, 9.17) is 19.5 Å². The molecular formula is C26H29FN6O2. The van der Waals surface area contributed by atoms with Crippen molar-refractivity contribution in [3.05, 3.63) is 65.8 Å². The van der Waals surface area contributed by atoms with Crippen molar-refractivity contribution in [2.75, 3.05) is 31.1 Å². The summed E-state index contributed by atoms with van der Waals surface area (Å²) >= 11 is 0. The Bertz CT molecular complexity index is 1320. The molecule has 0 unspecified atom stereocenters. The molecule has 1 aromatic carbocycles. The van der Waals surface area contributed by atoms with E-state index in [1.165, 1.54) is 18.4 Å². The molecule has 0 aliphatic carbocycles.